The second kappa shape index (κ2) is 5.69. The highest BCUT2D eigenvalue weighted by Gasteiger charge is 2.51. The number of hydrogen-bond donors (Lipinski definition) is 1. The van der Waals surface area contributed by atoms with E-state index in [1.165, 1.54) is 0 Å². The molecule has 1 saturated heterocycles. The van der Waals surface area contributed by atoms with E-state index in [0.717, 1.165) is 17.0 Å². The number of carbonyl (C=O) groups is 2. The highest BCUT2D eigenvalue weighted by molar-refractivity contribution is 6.07. The summed E-state index contributed by atoms with van der Waals surface area (Å²) in [6, 6.07) is 5.64. The molecule has 0 aromatic heterocycles. The Bertz CT molecular complexity index is 670. The highest BCUT2D eigenvalue weighted by Crippen LogP contribution is 2.49. The van der Waals surface area contributed by atoms with Gasteiger partial charge in [0.25, 0.3) is 0 Å². The van der Waals surface area contributed by atoms with Gasteiger partial charge in [0, 0.05) is 24.3 Å². The lowest BCUT2D eigenvalue weighted by Crippen LogP contribution is -2.49. The van der Waals surface area contributed by atoms with Crippen molar-refractivity contribution < 1.29 is 19.1 Å². The minimum Gasteiger partial charge on any atom is -0.496 e. The summed E-state index contributed by atoms with van der Waals surface area (Å²) in [7, 11) is 1.61. The highest BCUT2D eigenvalue weighted by atomic mass is 16.6. The Morgan fingerprint density at radius 3 is 2.50 bits per heavy atom. The quantitative estimate of drug-likeness (QED) is 0.858. The molecule has 1 aromatic rings. The van der Waals surface area contributed by atoms with E-state index in [2.05, 4.69) is 5.32 Å². The summed E-state index contributed by atoms with van der Waals surface area (Å²) in [5.41, 5.74) is 0.583. The molecule has 130 valence electrons. The monoisotopic (exact) mass is 332 g/mol. The van der Waals surface area contributed by atoms with E-state index in [4.69, 9.17) is 9.47 Å². The molecule has 6 nitrogen and oxygen atoms in total. The summed E-state index contributed by atoms with van der Waals surface area (Å²) in [4.78, 5) is 26.6. The molecule has 0 radical (unpaired) electrons. The molecule has 2 aliphatic rings. The van der Waals surface area contributed by atoms with E-state index < -0.39 is 11.0 Å². The van der Waals surface area contributed by atoms with Gasteiger partial charge in [0.1, 0.15) is 11.4 Å². The van der Waals surface area contributed by atoms with Gasteiger partial charge in [0.15, 0.2) is 0 Å². The van der Waals surface area contributed by atoms with Gasteiger partial charge < -0.3 is 19.7 Å². The van der Waals surface area contributed by atoms with Crippen molar-refractivity contribution in [3.63, 3.8) is 0 Å². The Morgan fingerprint density at radius 2 is 1.92 bits per heavy atom. The molecule has 1 N–H and O–H groups in total. The SMILES string of the molecule is COc1cccc2c1C1(CCN(C(=O)OC(C)(C)C)CC1)C(=O)N2. The Labute approximate surface area is 142 Å². The Kier molecular flexibility index (Phi) is 3.94. The van der Waals surface area contributed by atoms with Crippen molar-refractivity contribution in [2.75, 3.05) is 25.5 Å². The number of hydrogen-bond acceptors (Lipinski definition) is 4. The lowest BCUT2D eigenvalue weighted by atomic mass is 9.73. The Balaban J connectivity index is 1.82. The minimum atomic E-state index is -0.625. The standard InChI is InChI=1S/C18H24N2O4/c1-17(2,3)24-16(22)20-10-8-18(9-11-20)14-12(19-15(18)21)6-5-7-13(14)23-4/h5-7H,8-11H2,1-4H3,(H,19,21). The first-order chi connectivity index (χ1) is 11.3. The number of nitrogens with zero attached hydrogens (tertiary/aromatic N) is 1. The van der Waals surface area contributed by atoms with Crippen LogP contribution in [0, 0.1) is 0 Å². The summed E-state index contributed by atoms with van der Waals surface area (Å²) in [6.45, 7) is 6.52. The second-order valence-corrected chi connectivity index (χ2v) is 7.39. The molecule has 2 heterocycles. The normalized spacial score (nSPS) is 19.0. The molecule has 2 aliphatic heterocycles. The second-order valence-electron chi connectivity index (χ2n) is 7.39. The van der Waals surface area contributed by atoms with E-state index in [9.17, 15) is 9.59 Å². The predicted molar refractivity (Wildman–Crippen MR) is 90.3 cm³/mol. The van der Waals surface area contributed by atoms with E-state index in [0.29, 0.717) is 25.9 Å². The zero-order valence-electron chi connectivity index (χ0n) is 14.6. The van der Waals surface area contributed by atoms with Crippen LogP contribution in [-0.4, -0.2) is 42.7 Å². The Hall–Kier alpha value is -2.24. The van der Waals surface area contributed by atoms with Crippen molar-refractivity contribution in [1.82, 2.24) is 4.90 Å². The fourth-order valence-electron chi connectivity index (χ4n) is 3.53. The van der Waals surface area contributed by atoms with Crippen molar-refractivity contribution in [2.45, 2.75) is 44.6 Å². The summed E-state index contributed by atoms with van der Waals surface area (Å²) >= 11 is 0. The van der Waals surface area contributed by atoms with Gasteiger partial charge in [-0.05, 0) is 45.7 Å². The number of ether oxygens (including phenoxy) is 2. The molecule has 1 spiro atoms. The lowest BCUT2D eigenvalue weighted by Gasteiger charge is -2.38. The van der Waals surface area contributed by atoms with Crippen molar-refractivity contribution >= 4 is 17.7 Å². The molecule has 24 heavy (non-hydrogen) atoms. The first-order valence-electron chi connectivity index (χ1n) is 8.24. The fourth-order valence-corrected chi connectivity index (χ4v) is 3.53. The molecule has 2 amide bonds. The maximum Gasteiger partial charge on any atom is 0.410 e. The predicted octanol–water partition coefficient (Wildman–Crippen LogP) is 2.92. The van der Waals surface area contributed by atoms with Crippen LogP contribution in [0.25, 0.3) is 0 Å². The van der Waals surface area contributed by atoms with Gasteiger partial charge in [-0.15, -0.1) is 0 Å². The molecule has 0 atom stereocenters. The number of methoxy groups -OCH3 is 1. The largest absolute Gasteiger partial charge is 0.496 e. The van der Waals surface area contributed by atoms with Crippen molar-refractivity contribution in [2.24, 2.45) is 0 Å². The van der Waals surface area contributed by atoms with Crippen molar-refractivity contribution in [3.8, 4) is 5.75 Å². The lowest BCUT2D eigenvalue weighted by molar-refractivity contribution is -0.122. The third kappa shape index (κ3) is 2.70. The van der Waals surface area contributed by atoms with Crippen LogP contribution >= 0.6 is 0 Å². The minimum absolute atomic E-state index is 0.00848. The van der Waals surface area contributed by atoms with Crippen LogP contribution in [0.5, 0.6) is 5.75 Å². The topological polar surface area (TPSA) is 67.9 Å². The van der Waals surface area contributed by atoms with E-state index in [1.807, 2.05) is 39.0 Å². The van der Waals surface area contributed by atoms with Gasteiger partial charge in [-0.3, -0.25) is 4.79 Å². The van der Waals surface area contributed by atoms with Crippen LogP contribution in [0.1, 0.15) is 39.2 Å². The van der Waals surface area contributed by atoms with Gasteiger partial charge in [0.2, 0.25) is 5.91 Å². The number of carbonyl (C=O) groups excluding carboxylic acids is 2. The van der Waals surface area contributed by atoms with Crippen LogP contribution in [-0.2, 0) is 14.9 Å². The molecule has 0 saturated carbocycles. The molecule has 1 fully saturated rings. The number of amides is 2. The van der Waals surface area contributed by atoms with E-state index in [-0.39, 0.29) is 12.0 Å². The maximum absolute atomic E-state index is 12.7. The maximum atomic E-state index is 12.7. The third-order valence-corrected chi connectivity index (χ3v) is 4.68. The summed E-state index contributed by atoms with van der Waals surface area (Å²) in [5.74, 6) is 0.711. The molecule has 0 bridgehead atoms. The molecule has 0 unspecified atom stereocenters. The fraction of sp³-hybridized carbons (Fsp3) is 0.556. The third-order valence-electron chi connectivity index (χ3n) is 4.68. The summed E-state index contributed by atoms with van der Waals surface area (Å²) in [5, 5.41) is 2.96. The number of fused-ring (bicyclic) bond motifs is 2. The smallest absolute Gasteiger partial charge is 0.410 e. The van der Waals surface area contributed by atoms with Crippen LogP contribution in [0.15, 0.2) is 18.2 Å². The number of likely N-dealkylation sites (tertiary alicyclic amines) is 1. The van der Waals surface area contributed by atoms with Crippen LogP contribution < -0.4 is 10.1 Å². The molecule has 0 aliphatic carbocycles. The van der Waals surface area contributed by atoms with E-state index >= 15 is 0 Å². The number of anilines is 1. The number of benzene rings is 1. The van der Waals surface area contributed by atoms with Gasteiger partial charge >= 0.3 is 6.09 Å². The first-order valence-corrected chi connectivity index (χ1v) is 8.24. The molecule has 6 heteroatoms. The zero-order chi connectivity index (χ0) is 17.5. The average molecular weight is 332 g/mol. The van der Waals surface area contributed by atoms with Gasteiger partial charge in [-0.2, -0.15) is 0 Å². The van der Waals surface area contributed by atoms with Gasteiger partial charge in [-0.1, -0.05) is 6.07 Å². The number of nitrogens with one attached hydrogen (secondary N) is 1. The molecule has 1 aromatic carbocycles. The number of rotatable bonds is 1. The molecular formula is C18H24N2O4. The van der Waals surface area contributed by atoms with Crippen LogP contribution in [0.3, 0.4) is 0 Å². The molecular weight excluding hydrogens is 308 g/mol. The number of piperidine rings is 1. The Morgan fingerprint density at radius 1 is 1.25 bits per heavy atom. The van der Waals surface area contributed by atoms with Crippen LogP contribution in [0.2, 0.25) is 0 Å². The molecule has 3 rings (SSSR count). The van der Waals surface area contributed by atoms with Gasteiger partial charge in [-0.25, -0.2) is 4.79 Å². The average Bonchev–Trinajstić information content (AvgIpc) is 2.79. The van der Waals surface area contributed by atoms with E-state index in [1.54, 1.807) is 12.0 Å². The van der Waals surface area contributed by atoms with Crippen molar-refractivity contribution in [3.05, 3.63) is 23.8 Å². The van der Waals surface area contributed by atoms with Crippen molar-refractivity contribution in [1.29, 1.82) is 0 Å². The summed E-state index contributed by atoms with van der Waals surface area (Å²) in [6.07, 6.45) is 0.799. The summed E-state index contributed by atoms with van der Waals surface area (Å²) < 4.78 is 10.9. The zero-order valence-corrected chi connectivity index (χ0v) is 14.6. The first kappa shape index (κ1) is 16.6. The van der Waals surface area contributed by atoms with Gasteiger partial charge in [0.05, 0.1) is 12.5 Å². The van der Waals surface area contributed by atoms with Crippen LogP contribution in [0.4, 0.5) is 10.5 Å².